The molecule has 0 radical (unpaired) electrons. The Morgan fingerprint density at radius 3 is 2.46 bits per heavy atom. The molecule has 7 nitrogen and oxygen atoms in total. The van der Waals surface area contributed by atoms with Gasteiger partial charge in [0.1, 0.15) is 11.6 Å². The van der Waals surface area contributed by atoms with Gasteiger partial charge in [-0.1, -0.05) is 12.1 Å². The lowest BCUT2D eigenvalue weighted by Gasteiger charge is -2.37. The van der Waals surface area contributed by atoms with Gasteiger partial charge in [0.2, 0.25) is 5.95 Å². The molecule has 2 aromatic rings. The number of para-hydroxylation sites is 2. The summed E-state index contributed by atoms with van der Waals surface area (Å²) >= 11 is 0. The molecule has 0 amide bonds. The van der Waals surface area contributed by atoms with Crippen molar-refractivity contribution in [2.45, 2.75) is 24.9 Å². The minimum atomic E-state index is -0.205. The molecule has 1 aromatic heterocycles. The zero-order valence-corrected chi connectivity index (χ0v) is 15.0. The summed E-state index contributed by atoms with van der Waals surface area (Å²) in [5.74, 6) is 2.39. The standard InChI is InChI=1S/C19H25N5O2/c1-26-17-5-3-2-4-16(17)23-6-8-24(9-7-23)18-12-15(21-19(20)22-18)13-10-14(25)11-13/h2-5,12-14,25H,6-11H2,1H3,(H2,20,21,22). The van der Waals surface area contributed by atoms with Gasteiger partial charge in [-0.15, -0.1) is 0 Å². The fourth-order valence-electron chi connectivity index (χ4n) is 3.74. The van der Waals surface area contributed by atoms with Crippen molar-refractivity contribution >= 4 is 17.5 Å². The van der Waals surface area contributed by atoms with E-state index in [1.807, 2.05) is 24.3 Å². The van der Waals surface area contributed by atoms with E-state index in [4.69, 9.17) is 10.5 Å². The Morgan fingerprint density at radius 1 is 1.08 bits per heavy atom. The van der Waals surface area contributed by atoms with E-state index in [0.717, 1.165) is 62.0 Å². The van der Waals surface area contributed by atoms with Gasteiger partial charge in [0.15, 0.2) is 0 Å². The van der Waals surface area contributed by atoms with Crippen LogP contribution >= 0.6 is 0 Å². The minimum Gasteiger partial charge on any atom is -0.495 e. The van der Waals surface area contributed by atoms with Gasteiger partial charge in [0.05, 0.1) is 24.6 Å². The second-order valence-electron chi connectivity index (χ2n) is 6.98. The number of ether oxygens (including phenoxy) is 1. The average molecular weight is 355 g/mol. The number of anilines is 3. The van der Waals surface area contributed by atoms with Crippen LogP contribution in [-0.4, -0.2) is 54.5 Å². The summed E-state index contributed by atoms with van der Waals surface area (Å²) in [5.41, 5.74) is 8.01. The molecule has 1 saturated heterocycles. The van der Waals surface area contributed by atoms with Crippen LogP contribution in [0, 0.1) is 0 Å². The van der Waals surface area contributed by atoms with Crippen LogP contribution in [0.5, 0.6) is 5.75 Å². The van der Waals surface area contributed by atoms with Crippen molar-refractivity contribution in [3.05, 3.63) is 36.0 Å². The highest BCUT2D eigenvalue weighted by Gasteiger charge is 2.31. The zero-order chi connectivity index (χ0) is 18.1. The molecule has 2 heterocycles. The quantitative estimate of drug-likeness (QED) is 0.862. The lowest BCUT2D eigenvalue weighted by Crippen LogP contribution is -2.47. The molecule has 4 rings (SSSR count). The van der Waals surface area contributed by atoms with E-state index in [9.17, 15) is 5.11 Å². The Labute approximate surface area is 153 Å². The Bertz CT molecular complexity index is 770. The van der Waals surface area contributed by atoms with E-state index >= 15 is 0 Å². The number of nitrogen functional groups attached to an aromatic ring is 1. The number of aromatic nitrogens is 2. The number of hydrogen-bond donors (Lipinski definition) is 2. The maximum Gasteiger partial charge on any atom is 0.222 e. The summed E-state index contributed by atoms with van der Waals surface area (Å²) in [4.78, 5) is 13.4. The first-order valence-electron chi connectivity index (χ1n) is 9.09. The van der Waals surface area contributed by atoms with Gasteiger partial charge in [-0.2, -0.15) is 4.98 Å². The monoisotopic (exact) mass is 355 g/mol. The van der Waals surface area contributed by atoms with Crippen LogP contribution < -0.4 is 20.3 Å². The molecule has 26 heavy (non-hydrogen) atoms. The third-order valence-corrected chi connectivity index (χ3v) is 5.31. The predicted octanol–water partition coefficient (Wildman–Crippen LogP) is 1.63. The van der Waals surface area contributed by atoms with E-state index < -0.39 is 0 Å². The normalized spacial score (nSPS) is 22.8. The first-order chi connectivity index (χ1) is 12.6. The van der Waals surface area contributed by atoms with Crippen LogP contribution in [-0.2, 0) is 0 Å². The summed E-state index contributed by atoms with van der Waals surface area (Å²) in [5, 5.41) is 9.55. The first kappa shape index (κ1) is 16.9. The number of rotatable bonds is 4. The van der Waals surface area contributed by atoms with Crippen molar-refractivity contribution in [3.63, 3.8) is 0 Å². The van der Waals surface area contributed by atoms with E-state index in [1.165, 1.54) is 0 Å². The van der Waals surface area contributed by atoms with Crippen LogP contribution in [0.3, 0.4) is 0 Å². The third kappa shape index (κ3) is 3.26. The Kier molecular flexibility index (Phi) is 4.55. The Morgan fingerprint density at radius 2 is 1.77 bits per heavy atom. The molecule has 0 spiro atoms. The first-order valence-corrected chi connectivity index (χ1v) is 9.09. The van der Waals surface area contributed by atoms with Crippen LogP contribution in [0.15, 0.2) is 30.3 Å². The minimum absolute atomic E-state index is 0.205. The van der Waals surface area contributed by atoms with Gasteiger partial charge in [0.25, 0.3) is 0 Å². The molecule has 0 bridgehead atoms. The van der Waals surface area contributed by atoms with Gasteiger partial charge in [0, 0.05) is 38.2 Å². The molecule has 7 heteroatoms. The lowest BCUT2D eigenvalue weighted by atomic mass is 9.80. The molecule has 1 saturated carbocycles. The predicted molar refractivity (Wildman–Crippen MR) is 102 cm³/mol. The molecule has 2 aliphatic rings. The van der Waals surface area contributed by atoms with Crippen molar-refractivity contribution < 1.29 is 9.84 Å². The smallest absolute Gasteiger partial charge is 0.222 e. The Hall–Kier alpha value is -2.54. The van der Waals surface area contributed by atoms with Crippen molar-refractivity contribution in [1.82, 2.24) is 9.97 Å². The molecule has 1 aromatic carbocycles. The highest BCUT2D eigenvalue weighted by Crippen LogP contribution is 2.37. The highest BCUT2D eigenvalue weighted by molar-refractivity contribution is 5.59. The van der Waals surface area contributed by atoms with Gasteiger partial charge in [-0.25, -0.2) is 4.98 Å². The van der Waals surface area contributed by atoms with E-state index in [-0.39, 0.29) is 6.10 Å². The molecular formula is C19H25N5O2. The third-order valence-electron chi connectivity index (χ3n) is 5.31. The van der Waals surface area contributed by atoms with Crippen molar-refractivity contribution in [2.75, 3.05) is 48.8 Å². The zero-order valence-electron chi connectivity index (χ0n) is 15.0. The molecule has 1 aliphatic carbocycles. The van der Waals surface area contributed by atoms with Crippen LogP contribution in [0.1, 0.15) is 24.5 Å². The van der Waals surface area contributed by atoms with Gasteiger partial charge < -0.3 is 25.4 Å². The Balaban J connectivity index is 1.46. The van der Waals surface area contributed by atoms with Crippen LogP contribution in [0.2, 0.25) is 0 Å². The van der Waals surface area contributed by atoms with Crippen molar-refractivity contribution in [1.29, 1.82) is 0 Å². The number of aliphatic hydroxyl groups excluding tert-OH is 1. The summed E-state index contributed by atoms with van der Waals surface area (Å²) in [6.07, 6.45) is 1.32. The summed E-state index contributed by atoms with van der Waals surface area (Å²) in [6, 6.07) is 10.1. The number of piperazine rings is 1. The SMILES string of the molecule is COc1ccccc1N1CCN(c2cc(C3CC(O)C3)nc(N)n2)CC1. The number of aliphatic hydroxyl groups is 1. The fraction of sp³-hybridized carbons (Fsp3) is 0.474. The number of benzene rings is 1. The van der Waals surface area contributed by atoms with E-state index in [1.54, 1.807) is 7.11 Å². The molecule has 0 unspecified atom stereocenters. The number of hydrogen-bond acceptors (Lipinski definition) is 7. The maximum atomic E-state index is 9.55. The summed E-state index contributed by atoms with van der Waals surface area (Å²) in [7, 11) is 1.71. The topological polar surface area (TPSA) is 87.7 Å². The summed E-state index contributed by atoms with van der Waals surface area (Å²) < 4.78 is 5.48. The van der Waals surface area contributed by atoms with E-state index in [0.29, 0.717) is 11.9 Å². The molecule has 3 N–H and O–H groups in total. The molecule has 0 atom stereocenters. The number of nitrogens with two attached hydrogens (primary N) is 1. The summed E-state index contributed by atoms with van der Waals surface area (Å²) in [6.45, 7) is 3.51. The number of nitrogens with zero attached hydrogens (tertiary/aromatic N) is 4. The van der Waals surface area contributed by atoms with Crippen LogP contribution in [0.25, 0.3) is 0 Å². The van der Waals surface area contributed by atoms with Gasteiger partial charge in [-0.05, 0) is 25.0 Å². The fourth-order valence-corrected chi connectivity index (χ4v) is 3.74. The molecule has 2 fully saturated rings. The lowest BCUT2D eigenvalue weighted by molar-refractivity contribution is 0.0732. The van der Waals surface area contributed by atoms with E-state index in [2.05, 4.69) is 25.8 Å². The second kappa shape index (κ2) is 6.99. The second-order valence-corrected chi connectivity index (χ2v) is 6.98. The van der Waals surface area contributed by atoms with Crippen molar-refractivity contribution in [2.24, 2.45) is 0 Å². The van der Waals surface area contributed by atoms with Crippen molar-refractivity contribution in [3.8, 4) is 5.75 Å². The molecule has 138 valence electrons. The number of methoxy groups -OCH3 is 1. The largest absolute Gasteiger partial charge is 0.495 e. The molecule has 1 aliphatic heterocycles. The molecular weight excluding hydrogens is 330 g/mol. The van der Waals surface area contributed by atoms with Gasteiger partial charge >= 0.3 is 0 Å². The average Bonchev–Trinajstić information content (AvgIpc) is 2.65. The highest BCUT2D eigenvalue weighted by atomic mass is 16.5. The van der Waals surface area contributed by atoms with Gasteiger partial charge in [-0.3, -0.25) is 0 Å². The van der Waals surface area contributed by atoms with Crippen LogP contribution in [0.4, 0.5) is 17.5 Å². The maximum absolute atomic E-state index is 9.55.